The Hall–Kier alpha value is -0.540. The molecule has 3 heteroatoms. The van der Waals surface area contributed by atoms with Crippen molar-refractivity contribution in [1.82, 2.24) is 5.32 Å². The second kappa shape index (κ2) is 3.80. The van der Waals surface area contributed by atoms with E-state index in [0.29, 0.717) is 0 Å². The van der Waals surface area contributed by atoms with E-state index in [1.54, 1.807) is 7.11 Å². The summed E-state index contributed by atoms with van der Waals surface area (Å²) in [6.45, 7) is 6.40. The zero-order valence-electron chi connectivity index (χ0n) is 9.36. The Morgan fingerprint density at radius 3 is 2.80 bits per heavy atom. The van der Waals surface area contributed by atoms with Crippen molar-refractivity contribution in [3.63, 3.8) is 0 Å². The van der Waals surface area contributed by atoms with Crippen LogP contribution in [-0.4, -0.2) is 13.7 Å². The Kier molecular flexibility index (Phi) is 2.77. The summed E-state index contributed by atoms with van der Waals surface area (Å²) in [6.07, 6.45) is 0. The van der Waals surface area contributed by atoms with Crippen LogP contribution in [0.25, 0.3) is 0 Å². The molecule has 82 valence electrons. The van der Waals surface area contributed by atoms with Crippen LogP contribution in [0.3, 0.4) is 0 Å². The lowest BCUT2D eigenvalue weighted by molar-refractivity contribution is 0.384. The van der Waals surface area contributed by atoms with Gasteiger partial charge < -0.3 is 10.1 Å². The Morgan fingerprint density at radius 1 is 1.40 bits per heavy atom. The van der Waals surface area contributed by atoms with Crippen LogP contribution in [0, 0.1) is 0 Å². The minimum atomic E-state index is 0.154. The monoisotopic (exact) mass is 269 g/mol. The maximum atomic E-state index is 5.40. The van der Waals surface area contributed by atoms with E-state index in [0.717, 1.165) is 18.8 Å². The number of nitrogens with one attached hydrogen (secondary N) is 1. The number of rotatable bonds is 1. The minimum absolute atomic E-state index is 0.154. The van der Waals surface area contributed by atoms with Crippen molar-refractivity contribution in [2.45, 2.75) is 25.8 Å². The van der Waals surface area contributed by atoms with Gasteiger partial charge in [0.25, 0.3) is 0 Å². The van der Waals surface area contributed by atoms with Crippen LogP contribution in [0.2, 0.25) is 0 Å². The highest BCUT2D eigenvalue weighted by atomic mass is 79.9. The van der Waals surface area contributed by atoms with Crippen molar-refractivity contribution in [2.75, 3.05) is 13.7 Å². The fourth-order valence-electron chi connectivity index (χ4n) is 2.29. The van der Waals surface area contributed by atoms with Gasteiger partial charge in [-0.05, 0) is 17.7 Å². The fraction of sp³-hybridized carbons (Fsp3) is 0.500. The molecular formula is C12H16BrNO. The van der Waals surface area contributed by atoms with Gasteiger partial charge in [0.1, 0.15) is 5.75 Å². The van der Waals surface area contributed by atoms with Crippen molar-refractivity contribution in [2.24, 2.45) is 0 Å². The molecule has 1 aromatic carbocycles. The summed E-state index contributed by atoms with van der Waals surface area (Å²) in [4.78, 5) is 0. The average Bonchev–Trinajstić information content (AvgIpc) is 2.17. The van der Waals surface area contributed by atoms with Crippen molar-refractivity contribution in [1.29, 1.82) is 0 Å². The SMILES string of the molecule is COc1ccc(Br)c2c1CNCC2(C)C. The third kappa shape index (κ3) is 1.79. The van der Waals surface area contributed by atoms with Gasteiger partial charge in [-0.15, -0.1) is 0 Å². The second-order valence-electron chi connectivity index (χ2n) is 4.59. The van der Waals surface area contributed by atoms with E-state index in [4.69, 9.17) is 4.74 Å². The number of benzene rings is 1. The van der Waals surface area contributed by atoms with E-state index in [-0.39, 0.29) is 5.41 Å². The Labute approximate surface area is 99.1 Å². The van der Waals surface area contributed by atoms with Crippen LogP contribution < -0.4 is 10.1 Å². The molecule has 0 unspecified atom stereocenters. The molecule has 0 amide bonds. The van der Waals surface area contributed by atoms with Crippen LogP contribution in [-0.2, 0) is 12.0 Å². The van der Waals surface area contributed by atoms with E-state index < -0.39 is 0 Å². The Morgan fingerprint density at radius 2 is 2.13 bits per heavy atom. The first kappa shape index (κ1) is 11.0. The molecule has 2 nitrogen and oxygen atoms in total. The van der Waals surface area contributed by atoms with Gasteiger partial charge in [-0.25, -0.2) is 0 Å². The molecule has 0 aliphatic carbocycles. The topological polar surface area (TPSA) is 21.3 Å². The smallest absolute Gasteiger partial charge is 0.123 e. The van der Waals surface area contributed by atoms with Crippen molar-refractivity contribution in [3.8, 4) is 5.75 Å². The predicted molar refractivity (Wildman–Crippen MR) is 65.4 cm³/mol. The molecule has 1 N–H and O–H groups in total. The minimum Gasteiger partial charge on any atom is -0.496 e. The van der Waals surface area contributed by atoms with Crippen molar-refractivity contribution in [3.05, 3.63) is 27.7 Å². The van der Waals surface area contributed by atoms with Crippen LogP contribution in [0.5, 0.6) is 5.75 Å². The van der Waals surface area contributed by atoms with E-state index in [1.165, 1.54) is 15.6 Å². The van der Waals surface area contributed by atoms with Gasteiger partial charge in [0.05, 0.1) is 7.11 Å². The molecule has 2 rings (SSSR count). The first-order chi connectivity index (χ1) is 7.06. The molecule has 15 heavy (non-hydrogen) atoms. The van der Waals surface area contributed by atoms with Gasteiger partial charge in [0.2, 0.25) is 0 Å². The lowest BCUT2D eigenvalue weighted by Crippen LogP contribution is -2.39. The van der Waals surface area contributed by atoms with Gasteiger partial charge in [0.15, 0.2) is 0 Å². The lowest BCUT2D eigenvalue weighted by atomic mass is 9.79. The highest BCUT2D eigenvalue weighted by Crippen LogP contribution is 2.39. The van der Waals surface area contributed by atoms with Gasteiger partial charge in [-0.2, -0.15) is 0 Å². The number of hydrogen-bond acceptors (Lipinski definition) is 2. The van der Waals surface area contributed by atoms with Crippen molar-refractivity contribution < 1.29 is 4.74 Å². The highest BCUT2D eigenvalue weighted by molar-refractivity contribution is 9.10. The van der Waals surface area contributed by atoms with Gasteiger partial charge in [-0.1, -0.05) is 29.8 Å². The van der Waals surface area contributed by atoms with Crippen molar-refractivity contribution >= 4 is 15.9 Å². The molecule has 1 aliphatic heterocycles. The highest BCUT2D eigenvalue weighted by Gasteiger charge is 2.31. The molecule has 0 spiro atoms. The third-order valence-electron chi connectivity index (χ3n) is 2.98. The summed E-state index contributed by atoms with van der Waals surface area (Å²) >= 11 is 3.64. The molecule has 1 aliphatic rings. The standard InChI is InChI=1S/C12H16BrNO/c1-12(2)7-14-6-8-10(15-3)5-4-9(13)11(8)12/h4-5,14H,6-7H2,1-3H3. The third-order valence-corrected chi connectivity index (χ3v) is 3.65. The molecule has 0 saturated carbocycles. The maximum Gasteiger partial charge on any atom is 0.123 e. The molecule has 0 fully saturated rings. The largest absolute Gasteiger partial charge is 0.496 e. The Bertz CT molecular complexity index is 387. The summed E-state index contributed by atoms with van der Waals surface area (Å²) in [5, 5.41) is 3.43. The predicted octanol–water partition coefficient (Wildman–Crippen LogP) is 2.84. The molecule has 0 saturated heterocycles. The summed E-state index contributed by atoms with van der Waals surface area (Å²) in [7, 11) is 1.73. The second-order valence-corrected chi connectivity index (χ2v) is 5.44. The molecule has 1 heterocycles. The maximum absolute atomic E-state index is 5.40. The van der Waals surface area contributed by atoms with Crippen LogP contribution in [0.15, 0.2) is 16.6 Å². The summed E-state index contributed by atoms with van der Waals surface area (Å²) < 4.78 is 6.59. The fourth-order valence-corrected chi connectivity index (χ4v) is 3.20. The molecule has 0 radical (unpaired) electrons. The first-order valence-electron chi connectivity index (χ1n) is 5.13. The normalized spacial score (nSPS) is 18.4. The van der Waals surface area contributed by atoms with Gasteiger partial charge >= 0.3 is 0 Å². The number of methoxy groups -OCH3 is 1. The Balaban J connectivity index is 2.65. The summed E-state index contributed by atoms with van der Waals surface area (Å²) in [5.41, 5.74) is 2.81. The van der Waals surface area contributed by atoms with E-state index in [9.17, 15) is 0 Å². The number of fused-ring (bicyclic) bond motifs is 1. The zero-order chi connectivity index (χ0) is 11.1. The summed E-state index contributed by atoms with van der Waals surface area (Å²) in [5.74, 6) is 0.980. The number of halogens is 1. The van der Waals surface area contributed by atoms with Gasteiger partial charge in [-0.3, -0.25) is 0 Å². The molecule has 0 bridgehead atoms. The average molecular weight is 270 g/mol. The molecule has 0 aromatic heterocycles. The quantitative estimate of drug-likeness (QED) is 0.847. The lowest BCUT2D eigenvalue weighted by Gasteiger charge is -2.34. The first-order valence-corrected chi connectivity index (χ1v) is 5.92. The number of hydrogen-bond donors (Lipinski definition) is 1. The van der Waals surface area contributed by atoms with E-state index >= 15 is 0 Å². The van der Waals surface area contributed by atoms with Crippen LogP contribution in [0.4, 0.5) is 0 Å². The van der Waals surface area contributed by atoms with Crippen LogP contribution >= 0.6 is 15.9 Å². The molecule has 0 atom stereocenters. The van der Waals surface area contributed by atoms with E-state index in [1.807, 2.05) is 6.07 Å². The zero-order valence-corrected chi connectivity index (χ0v) is 10.9. The van der Waals surface area contributed by atoms with Crippen LogP contribution in [0.1, 0.15) is 25.0 Å². The summed E-state index contributed by atoms with van der Waals surface area (Å²) in [6, 6.07) is 4.09. The van der Waals surface area contributed by atoms with E-state index in [2.05, 4.69) is 41.2 Å². The number of ether oxygens (including phenoxy) is 1. The molecular weight excluding hydrogens is 254 g/mol. The molecule has 1 aromatic rings. The van der Waals surface area contributed by atoms with Gasteiger partial charge in [0, 0.05) is 28.5 Å².